The minimum absolute atomic E-state index is 0.0230. The van der Waals surface area contributed by atoms with Crippen LogP contribution in [0.3, 0.4) is 0 Å². The number of nitrogens with zero attached hydrogens (tertiary/aromatic N) is 1. The normalized spacial score (nSPS) is 12.7. The van der Waals surface area contributed by atoms with Crippen LogP contribution in [-0.4, -0.2) is 48.3 Å². The molecule has 0 bridgehead atoms. The lowest BCUT2D eigenvalue weighted by atomic mass is 10.1. The quantitative estimate of drug-likeness (QED) is 0.415. The molecular formula is C27H28N2O7S. The van der Waals surface area contributed by atoms with Crippen molar-refractivity contribution in [2.75, 3.05) is 43.6 Å². The Kier molecular flexibility index (Phi) is 7.88. The first-order valence-corrected chi connectivity index (χ1v) is 13.0. The van der Waals surface area contributed by atoms with E-state index in [0.29, 0.717) is 47.5 Å². The average Bonchev–Trinajstić information content (AvgIpc) is 2.92. The minimum atomic E-state index is -3.89. The van der Waals surface area contributed by atoms with Crippen molar-refractivity contribution in [1.82, 2.24) is 0 Å². The molecule has 0 saturated heterocycles. The minimum Gasteiger partial charge on any atom is -0.495 e. The van der Waals surface area contributed by atoms with Gasteiger partial charge in [-0.05, 0) is 61.0 Å². The lowest BCUT2D eigenvalue weighted by Crippen LogP contribution is -2.30. The van der Waals surface area contributed by atoms with Crippen LogP contribution >= 0.6 is 0 Å². The summed E-state index contributed by atoms with van der Waals surface area (Å²) in [5.74, 6) is 1.40. The summed E-state index contributed by atoms with van der Waals surface area (Å²) in [6.07, 6.45) is 2.92. The van der Waals surface area contributed by atoms with Crippen molar-refractivity contribution in [2.45, 2.75) is 11.8 Å². The van der Waals surface area contributed by atoms with E-state index in [2.05, 4.69) is 5.32 Å². The van der Waals surface area contributed by atoms with Crippen molar-refractivity contribution in [1.29, 1.82) is 0 Å². The van der Waals surface area contributed by atoms with Gasteiger partial charge in [0, 0.05) is 12.6 Å². The standard InChI is InChI=1S/C27H28N2O7S/c1-4-29(20-8-6-5-7-9-20)37(31,32)21-11-12-23(33-2)22(18-21)28-26(30)13-10-19-16-24(34-3)27-25(17-19)35-14-15-36-27/h5-13,16-18H,4,14-15H2,1-3H3,(H,28,30)/b13-10+. The first-order valence-electron chi connectivity index (χ1n) is 11.6. The Bertz CT molecular complexity index is 1390. The van der Waals surface area contributed by atoms with Crippen LogP contribution in [0, 0.1) is 0 Å². The molecule has 1 heterocycles. The summed E-state index contributed by atoms with van der Waals surface area (Å²) in [7, 11) is -0.921. The molecule has 3 aromatic rings. The van der Waals surface area contributed by atoms with Gasteiger partial charge < -0.3 is 24.3 Å². The molecule has 194 valence electrons. The monoisotopic (exact) mass is 524 g/mol. The molecule has 0 radical (unpaired) electrons. The molecule has 0 atom stereocenters. The van der Waals surface area contributed by atoms with E-state index in [0.717, 1.165) is 0 Å². The van der Waals surface area contributed by atoms with Crippen LogP contribution in [0.1, 0.15) is 12.5 Å². The number of ether oxygens (including phenoxy) is 4. The summed E-state index contributed by atoms with van der Waals surface area (Å²) in [4.78, 5) is 12.8. The van der Waals surface area contributed by atoms with Gasteiger partial charge in [0.05, 0.1) is 30.5 Å². The second kappa shape index (κ2) is 11.3. The number of anilines is 2. The highest BCUT2D eigenvalue weighted by Gasteiger charge is 2.25. The highest BCUT2D eigenvalue weighted by molar-refractivity contribution is 7.92. The van der Waals surface area contributed by atoms with Gasteiger partial charge in [0.2, 0.25) is 11.7 Å². The second-order valence-corrected chi connectivity index (χ2v) is 9.80. The number of para-hydroxylation sites is 1. The maximum Gasteiger partial charge on any atom is 0.264 e. The highest BCUT2D eigenvalue weighted by Crippen LogP contribution is 2.40. The Labute approximate surface area is 216 Å². The molecule has 37 heavy (non-hydrogen) atoms. The number of methoxy groups -OCH3 is 2. The molecule has 1 aliphatic heterocycles. The summed E-state index contributed by atoms with van der Waals surface area (Å²) in [6.45, 7) is 2.84. The van der Waals surface area contributed by atoms with Crippen LogP contribution in [-0.2, 0) is 14.8 Å². The third kappa shape index (κ3) is 5.64. The molecule has 0 fully saturated rings. The van der Waals surface area contributed by atoms with E-state index < -0.39 is 15.9 Å². The molecule has 0 aliphatic carbocycles. The number of amides is 1. The summed E-state index contributed by atoms with van der Waals surface area (Å²) in [5, 5.41) is 2.71. The van der Waals surface area contributed by atoms with Gasteiger partial charge in [-0.25, -0.2) is 8.42 Å². The van der Waals surface area contributed by atoms with Gasteiger partial charge in [-0.15, -0.1) is 0 Å². The van der Waals surface area contributed by atoms with E-state index in [4.69, 9.17) is 18.9 Å². The van der Waals surface area contributed by atoms with E-state index in [1.165, 1.54) is 42.8 Å². The third-order valence-corrected chi connectivity index (χ3v) is 7.52. The Morgan fingerprint density at radius 2 is 1.73 bits per heavy atom. The lowest BCUT2D eigenvalue weighted by Gasteiger charge is -2.23. The van der Waals surface area contributed by atoms with Crippen LogP contribution < -0.4 is 28.6 Å². The summed E-state index contributed by atoms with van der Waals surface area (Å²) < 4.78 is 50.1. The molecule has 1 aliphatic rings. The Morgan fingerprint density at radius 3 is 2.43 bits per heavy atom. The number of hydrogen-bond acceptors (Lipinski definition) is 7. The van der Waals surface area contributed by atoms with E-state index in [1.54, 1.807) is 49.4 Å². The van der Waals surface area contributed by atoms with Gasteiger partial charge in [0.15, 0.2) is 11.5 Å². The molecule has 1 N–H and O–H groups in total. The van der Waals surface area contributed by atoms with Crippen LogP contribution in [0.4, 0.5) is 11.4 Å². The Balaban J connectivity index is 1.58. The molecule has 10 heteroatoms. The number of sulfonamides is 1. The highest BCUT2D eigenvalue weighted by atomic mass is 32.2. The van der Waals surface area contributed by atoms with Gasteiger partial charge in [0.25, 0.3) is 10.0 Å². The van der Waals surface area contributed by atoms with Crippen molar-refractivity contribution in [2.24, 2.45) is 0 Å². The van der Waals surface area contributed by atoms with Crippen LogP contribution in [0.2, 0.25) is 0 Å². The van der Waals surface area contributed by atoms with Crippen molar-refractivity contribution >= 4 is 33.4 Å². The second-order valence-electron chi connectivity index (χ2n) is 7.94. The number of nitrogens with one attached hydrogen (secondary N) is 1. The fourth-order valence-electron chi connectivity index (χ4n) is 3.89. The number of benzene rings is 3. The van der Waals surface area contributed by atoms with E-state index in [-0.39, 0.29) is 17.1 Å². The predicted molar refractivity (Wildman–Crippen MR) is 141 cm³/mol. The van der Waals surface area contributed by atoms with Crippen LogP contribution in [0.5, 0.6) is 23.0 Å². The molecule has 3 aromatic carbocycles. The van der Waals surface area contributed by atoms with Crippen molar-refractivity contribution < 1.29 is 32.2 Å². The molecule has 0 saturated carbocycles. The first-order chi connectivity index (χ1) is 17.9. The van der Waals surface area contributed by atoms with E-state index in [1.807, 2.05) is 6.07 Å². The SMILES string of the molecule is CCN(c1ccccc1)S(=O)(=O)c1ccc(OC)c(NC(=O)/C=C/c2cc(OC)c3c(c2)OCCO3)c1. The molecule has 1 amide bonds. The zero-order chi connectivity index (χ0) is 26.4. The van der Waals surface area contributed by atoms with Crippen molar-refractivity contribution in [3.05, 3.63) is 72.3 Å². The molecule has 0 unspecified atom stereocenters. The fourth-order valence-corrected chi connectivity index (χ4v) is 5.39. The smallest absolute Gasteiger partial charge is 0.264 e. The van der Waals surface area contributed by atoms with Gasteiger partial charge in [-0.3, -0.25) is 9.10 Å². The van der Waals surface area contributed by atoms with Crippen molar-refractivity contribution in [3.8, 4) is 23.0 Å². The number of fused-ring (bicyclic) bond motifs is 1. The number of rotatable bonds is 9. The number of hydrogen-bond donors (Lipinski definition) is 1. The van der Waals surface area contributed by atoms with Gasteiger partial charge in [0.1, 0.15) is 19.0 Å². The Hall–Kier alpha value is -4.18. The van der Waals surface area contributed by atoms with E-state index >= 15 is 0 Å². The molecular weight excluding hydrogens is 496 g/mol. The lowest BCUT2D eigenvalue weighted by molar-refractivity contribution is -0.111. The maximum atomic E-state index is 13.4. The zero-order valence-corrected chi connectivity index (χ0v) is 21.6. The third-order valence-electron chi connectivity index (χ3n) is 5.63. The molecule has 0 aromatic heterocycles. The Morgan fingerprint density at radius 1 is 1.00 bits per heavy atom. The fraction of sp³-hybridized carbons (Fsp3) is 0.222. The molecule has 9 nitrogen and oxygen atoms in total. The maximum absolute atomic E-state index is 13.4. The zero-order valence-electron chi connectivity index (χ0n) is 20.8. The molecule has 4 rings (SSSR count). The predicted octanol–water partition coefficient (Wildman–Crippen LogP) is 4.34. The van der Waals surface area contributed by atoms with Gasteiger partial charge in [-0.2, -0.15) is 0 Å². The number of carbonyl (C=O) groups excluding carboxylic acids is 1. The first kappa shape index (κ1) is 25.9. The summed E-state index contributed by atoms with van der Waals surface area (Å²) in [5.41, 5.74) is 1.44. The van der Waals surface area contributed by atoms with Crippen LogP contribution in [0.25, 0.3) is 6.08 Å². The summed E-state index contributed by atoms with van der Waals surface area (Å²) >= 11 is 0. The number of carbonyl (C=O) groups is 1. The van der Waals surface area contributed by atoms with Crippen molar-refractivity contribution in [3.63, 3.8) is 0 Å². The topological polar surface area (TPSA) is 103 Å². The average molecular weight is 525 g/mol. The van der Waals surface area contributed by atoms with Gasteiger partial charge in [-0.1, -0.05) is 18.2 Å². The largest absolute Gasteiger partial charge is 0.495 e. The van der Waals surface area contributed by atoms with Crippen LogP contribution in [0.15, 0.2) is 71.6 Å². The summed E-state index contributed by atoms with van der Waals surface area (Å²) in [6, 6.07) is 16.6. The van der Waals surface area contributed by atoms with E-state index in [9.17, 15) is 13.2 Å². The van der Waals surface area contributed by atoms with Gasteiger partial charge >= 0.3 is 0 Å². The molecule has 0 spiro atoms.